The van der Waals surface area contributed by atoms with Crippen LogP contribution >= 0.6 is 35.8 Å². The predicted octanol–water partition coefficient (Wildman–Crippen LogP) is 4.11. The Morgan fingerprint density at radius 1 is 1.06 bits per heavy atom. The van der Waals surface area contributed by atoms with Gasteiger partial charge in [-0.2, -0.15) is 0 Å². The van der Waals surface area contributed by atoms with E-state index in [4.69, 9.17) is 28.8 Å². The standard InChI is InChI=1S/C22H24ClN7S.ClH/c23-17-15(5-8-27-19(17)25)31-21-20(26)29-16(12-28-21)30-9-6-22(7-10-30)11-13-3-1-2-4-14(13)18(22)24;/h1-5,8,12,18H,6-7,9-11,24H2,(H2,25,27)(H2,26,29);1H/t18-;/m1./s1. The van der Waals surface area contributed by atoms with Crippen molar-refractivity contribution in [2.45, 2.75) is 35.2 Å². The molecular weight excluding hydrogens is 465 g/mol. The Bertz CT molecular complexity index is 1140. The molecule has 1 fully saturated rings. The average Bonchev–Trinajstić information content (AvgIpc) is 3.05. The molecule has 3 aromatic rings. The molecule has 6 N–H and O–H groups in total. The lowest BCUT2D eigenvalue weighted by molar-refractivity contribution is 0.187. The van der Waals surface area contributed by atoms with Gasteiger partial charge in [-0.25, -0.2) is 15.0 Å². The van der Waals surface area contributed by atoms with Crippen LogP contribution in [0.5, 0.6) is 0 Å². The van der Waals surface area contributed by atoms with Gasteiger partial charge in [0.15, 0.2) is 5.82 Å². The fourth-order valence-corrected chi connectivity index (χ4v) is 5.74. The Labute approximate surface area is 202 Å². The summed E-state index contributed by atoms with van der Waals surface area (Å²) < 4.78 is 0. The number of hydrogen-bond acceptors (Lipinski definition) is 8. The molecule has 1 aromatic carbocycles. The number of fused-ring (bicyclic) bond motifs is 1. The van der Waals surface area contributed by atoms with Crippen molar-refractivity contribution in [3.8, 4) is 0 Å². The van der Waals surface area contributed by atoms with Crippen LogP contribution in [0.25, 0.3) is 0 Å². The highest BCUT2D eigenvalue weighted by atomic mass is 35.5. The molecule has 0 amide bonds. The molecule has 1 aliphatic heterocycles. The third-order valence-corrected chi connectivity index (χ3v) is 8.09. The summed E-state index contributed by atoms with van der Waals surface area (Å²) in [5, 5.41) is 0.992. The molecule has 1 spiro atoms. The molecular formula is C22H25Cl2N7S. The van der Waals surface area contributed by atoms with E-state index in [1.165, 1.54) is 22.9 Å². The number of hydrogen-bond donors (Lipinski definition) is 3. The Balaban J connectivity index is 0.00000245. The molecule has 2 aromatic heterocycles. The molecule has 2 aliphatic rings. The van der Waals surface area contributed by atoms with Crippen LogP contribution in [-0.2, 0) is 6.42 Å². The molecule has 10 heteroatoms. The van der Waals surface area contributed by atoms with E-state index in [9.17, 15) is 0 Å². The maximum absolute atomic E-state index is 6.69. The molecule has 168 valence electrons. The lowest BCUT2D eigenvalue weighted by Crippen LogP contribution is -2.44. The number of nitrogens with zero attached hydrogens (tertiary/aromatic N) is 4. The van der Waals surface area contributed by atoms with Crippen molar-refractivity contribution < 1.29 is 0 Å². The molecule has 0 unspecified atom stereocenters. The molecule has 3 heterocycles. The number of rotatable bonds is 3. The Kier molecular flexibility index (Phi) is 6.40. The van der Waals surface area contributed by atoms with Crippen molar-refractivity contribution in [3.63, 3.8) is 0 Å². The van der Waals surface area contributed by atoms with Crippen molar-refractivity contribution in [3.05, 3.63) is 58.9 Å². The summed E-state index contributed by atoms with van der Waals surface area (Å²) in [4.78, 5) is 16.1. The van der Waals surface area contributed by atoms with Crippen molar-refractivity contribution in [2.24, 2.45) is 11.1 Å². The van der Waals surface area contributed by atoms with Gasteiger partial charge in [-0.1, -0.05) is 47.6 Å². The molecule has 0 radical (unpaired) electrons. The van der Waals surface area contributed by atoms with Crippen LogP contribution < -0.4 is 22.1 Å². The average molecular weight is 490 g/mol. The van der Waals surface area contributed by atoms with E-state index in [0.717, 1.165) is 43.1 Å². The Hall–Kier alpha value is -2.26. The van der Waals surface area contributed by atoms with Crippen molar-refractivity contribution >= 4 is 53.2 Å². The van der Waals surface area contributed by atoms with E-state index in [-0.39, 0.29) is 29.7 Å². The monoisotopic (exact) mass is 489 g/mol. The topological polar surface area (TPSA) is 120 Å². The first kappa shape index (κ1) is 22.9. The fraction of sp³-hybridized carbons (Fsp3) is 0.318. The molecule has 0 bridgehead atoms. The van der Waals surface area contributed by atoms with Crippen LogP contribution in [0.15, 0.2) is 52.6 Å². The summed E-state index contributed by atoms with van der Waals surface area (Å²) >= 11 is 7.57. The first-order valence-electron chi connectivity index (χ1n) is 10.3. The molecule has 5 rings (SSSR count). The third-order valence-electron chi connectivity index (χ3n) is 6.51. The van der Waals surface area contributed by atoms with Crippen LogP contribution in [0, 0.1) is 5.41 Å². The molecule has 32 heavy (non-hydrogen) atoms. The summed E-state index contributed by atoms with van der Waals surface area (Å²) in [5.74, 6) is 1.45. The summed E-state index contributed by atoms with van der Waals surface area (Å²) in [5.41, 5.74) is 21.5. The van der Waals surface area contributed by atoms with Crippen LogP contribution in [0.2, 0.25) is 5.02 Å². The van der Waals surface area contributed by atoms with Gasteiger partial charge < -0.3 is 22.1 Å². The second-order valence-electron chi connectivity index (χ2n) is 8.23. The number of piperidine rings is 1. The first-order chi connectivity index (χ1) is 15.0. The van der Waals surface area contributed by atoms with Gasteiger partial charge in [-0.05, 0) is 41.9 Å². The number of halogens is 2. The Morgan fingerprint density at radius 3 is 2.53 bits per heavy atom. The zero-order valence-electron chi connectivity index (χ0n) is 17.4. The number of benzene rings is 1. The summed E-state index contributed by atoms with van der Waals surface area (Å²) in [6, 6.07) is 10.4. The predicted molar refractivity (Wildman–Crippen MR) is 132 cm³/mol. The van der Waals surface area contributed by atoms with Gasteiger partial charge in [-0.3, -0.25) is 0 Å². The van der Waals surface area contributed by atoms with Crippen molar-refractivity contribution in [1.82, 2.24) is 15.0 Å². The van der Waals surface area contributed by atoms with E-state index in [0.29, 0.717) is 15.9 Å². The normalized spacial score (nSPS) is 18.9. The third kappa shape index (κ3) is 3.96. The van der Waals surface area contributed by atoms with E-state index >= 15 is 0 Å². The highest BCUT2D eigenvalue weighted by Crippen LogP contribution is 2.51. The number of nitrogen functional groups attached to an aromatic ring is 2. The van der Waals surface area contributed by atoms with E-state index in [1.54, 1.807) is 18.5 Å². The zero-order chi connectivity index (χ0) is 21.6. The molecule has 1 aliphatic carbocycles. The van der Waals surface area contributed by atoms with Crippen LogP contribution in [0.3, 0.4) is 0 Å². The fourth-order valence-electron chi connectivity index (χ4n) is 4.72. The van der Waals surface area contributed by atoms with E-state index in [2.05, 4.69) is 44.1 Å². The second kappa shape index (κ2) is 8.94. The Morgan fingerprint density at radius 2 is 1.81 bits per heavy atom. The van der Waals surface area contributed by atoms with Crippen LogP contribution in [0.4, 0.5) is 17.5 Å². The minimum atomic E-state index is 0. The number of anilines is 3. The van der Waals surface area contributed by atoms with Gasteiger partial charge in [0.25, 0.3) is 0 Å². The van der Waals surface area contributed by atoms with Gasteiger partial charge in [0, 0.05) is 30.2 Å². The smallest absolute Gasteiger partial charge is 0.158 e. The summed E-state index contributed by atoms with van der Waals surface area (Å²) in [6.45, 7) is 1.77. The van der Waals surface area contributed by atoms with Crippen molar-refractivity contribution in [1.29, 1.82) is 0 Å². The zero-order valence-corrected chi connectivity index (χ0v) is 19.8. The summed E-state index contributed by atoms with van der Waals surface area (Å²) in [7, 11) is 0. The quantitative estimate of drug-likeness (QED) is 0.502. The van der Waals surface area contributed by atoms with Gasteiger partial charge in [0.1, 0.15) is 16.7 Å². The highest BCUT2D eigenvalue weighted by Gasteiger charge is 2.45. The van der Waals surface area contributed by atoms with Gasteiger partial charge in [-0.15, -0.1) is 12.4 Å². The SMILES string of the molecule is Cl.Nc1nc(N2CCC3(CC2)Cc2ccccc2[C@H]3N)cnc1Sc1ccnc(N)c1Cl. The number of aromatic nitrogens is 3. The lowest BCUT2D eigenvalue weighted by atomic mass is 9.73. The minimum absolute atomic E-state index is 0. The van der Waals surface area contributed by atoms with Crippen LogP contribution in [0.1, 0.15) is 30.0 Å². The molecule has 0 saturated carbocycles. The summed E-state index contributed by atoms with van der Waals surface area (Å²) in [6.07, 6.45) is 6.48. The maximum Gasteiger partial charge on any atom is 0.158 e. The lowest BCUT2D eigenvalue weighted by Gasteiger charge is -2.42. The largest absolute Gasteiger partial charge is 0.382 e. The van der Waals surface area contributed by atoms with Crippen LogP contribution in [-0.4, -0.2) is 28.0 Å². The van der Waals surface area contributed by atoms with Gasteiger partial charge in [0.05, 0.1) is 11.2 Å². The molecule has 1 atom stereocenters. The van der Waals surface area contributed by atoms with E-state index < -0.39 is 0 Å². The number of pyridine rings is 1. The van der Waals surface area contributed by atoms with Gasteiger partial charge >= 0.3 is 0 Å². The second-order valence-corrected chi connectivity index (χ2v) is 9.64. The maximum atomic E-state index is 6.69. The first-order valence-corrected chi connectivity index (χ1v) is 11.4. The highest BCUT2D eigenvalue weighted by molar-refractivity contribution is 7.99. The number of nitrogens with two attached hydrogens (primary N) is 3. The van der Waals surface area contributed by atoms with E-state index in [1.807, 2.05) is 0 Å². The van der Waals surface area contributed by atoms with Crippen molar-refractivity contribution in [2.75, 3.05) is 29.5 Å². The van der Waals surface area contributed by atoms with Gasteiger partial charge in [0.2, 0.25) is 0 Å². The minimum Gasteiger partial charge on any atom is -0.382 e. The molecule has 1 saturated heterocycles. The molecule has 7 nitrogen and oxygen atoms in total.